The Morgan fingerprint density at radius 2 is 1.61 bits per heavy atom. The summed E-state index contributed by atoms with van der Waals surface area (Å²) in [5.74, 6) is -2.90. The van der Waals surface area contributed by atoms with Gasteiger partial charge in [-0.2, -0.15) is 13.2 Å². The molecule has 3 aromatic carbocycles. The van der Waals surface area contributed by atoms with Crippen molar-refractivity contribution in [3.63, 3.8) is 0 Å². The third-order valence-electron chi connectivity index (χ3n) is 6.20. The van der Waals surface area contributed by atoms with Crippen LogP contribution < -0.4 is 15.5 Å². The molecule has 1 heterocycles. The first kappa shape index (κ1) is 25.0. The summed E-state index contributed by atoms with van der Waals surface area (Å²) in [6.07, 6.45) is -4.50. The lowest BCUT2D eigenvalue weighted by Gasteiger charge is -2.24. The lowest BCUT2D eigenvalue weighted by atomic mass is 9.95. The van der Waals surface area contributed by atoms with Crippen molar-refractivity contribution in [1.82, 2.24) is 10.6 Å². The largest absolute Gasteiger partial charge is 0.416 e. The van der Waals surface area contributed by atoms with Gasteiger partial charge >= 0.3 is 6.18 Å². The first-order valence-electron chi connectivity index (χ1n) is 11.3. The number of para-hydroxylation sites is 1. The topological polar surface area (TPSA) is 78.5 Å². The molecule has 36 heavy (non-hydrogen) atoms. The molecule has 186 valence electrons. The third kappa shape index (κ3) is 4.95. The van der Waals surface area contributed by atoms with Crippen molar-refractivity contribution in [2.75, 3.05) is 11.9 Å². The highest BCUT2D eigenvalue weighted by Crippen LogP contribution is 2.39. The van der Waals surface area contributed by atoms with Crippen LogP contribution in [0.15, 0.2) is 72.8 Å². The van der Waals surface area contributed by atoms with Gasteiger partial charge in [-0.15, -0.1) is 0 Å². The Labute approximate surface area is 206 Å². The van der Waals surface area contributed by atoms with Gasteiger partial charge in [0.1, 0.15) is 12.0 Å². The number of halogens is 3. The number of nitrogens with zero attached hydrogens (tertiary/aromatic N) is 1. The molecular weight excluding hydrogens is 471 g/mol. The second-order valence-electron chi connectivity index (χ2n) is 8.58. The van der Waals surface area contributed by atoms with Gasteiger partial charge in [-0.05, 0) is 41.8 Å². The molecular formula is C27H24F3N3O3. The Kier molecular flexibility index (Phi) is 6.83. The number of amides is 3. The Morgan fingerprint density at radius 1 is 0.944 bits per heavy atom. The molecule has 0 spiro atoms. The molecule has 3 amide bonds. The van der Waals surface area contributed by atoms with Gasteiger partial charge in [0, 0.05) is 19.2 Å². The van der Waals surface area contributed by atoms with E-state index in [0.29, 0.717) is 11.3 Å². The fraction of sp³-hybridized carbons (Fsp3) is 0.222. The summed E-state index contributed by atoms with van der Waals surface area (Å²) >= 11 is 0. The molecule has 0 radical (unpaired) electrons. The zero-order chi connectivity index (χ0) is 26.0. The van der Waals surface area contributed by atoms with Crippen LogP contribution in [0.4, 0.5) is 18.9 Å². The Balaban J connectivity index is 1.50. The maximum absolute atomic E-state index is 13.3. The predicted octanol–water partition coefficient (Wildman–Crippen LogP) is 4.46. The van der Waals surface area contributed by atoms with Crippen molar-refractivity contribution < 1.29 is 27.6 Å². The van der Waals surface area contributed by atoms with Crippen molar-refractivity contribution >= 4 is 23.4 Å². The minimum absolute atomic E-state index is 0.177. The highest BCUT2D eigenvalue weighted by atomic mass is 19.4. The van der Waals surface area contributed by atoms with E-state index in [-0.39, 0.29) is 18.0 Å². The third-order valence-corrected chi connectivity index (χ3v) is 6.20. The molecule has 6 nitrogen and oxygen atoms in total. The van der Waals surface area contributed by atoms with E-state index in [0.717, 1.165) is 23.3 Å². The monoisotopic (exact) mass is 495 g/mol. The number of carbonyl (C=O) groups excluding carboxylic acids is 3. The van der Waals surface area contributed by atoms with Gasteiger partial charge in [-0.3, -0.25) is 14.4 Å². The quantitative estimate of drug-likeness (QED) is 0.513. The standard InChI is InChI=1S/C27H24F3N3O3/c1-16(24(34)31-15-17-8-7-9-18(14-17)27(28,29)30)25(35)32-23-21-12-4-3-10-19(21)20-11-5-6-13-22(20)33(2)26(23)36/h3-14,16,23H,15H2,1-2H3,(H,31,34)(H,32,35)/t16-,23-/m0/s1. The highest BCUT2D eigenvalue weighted by Gasteiger charge is 2.35. The normalized spacial score (nSPS) is 15.9. The van der Waals surface area contributed by atoms with Crippen LogP contribution in [0.3, 0.4) is 0 Å². The summed E-state index contributed by atoms with van der Waals surface area (Å²) < 4.78 is 38.8. The number of fused-ring (bicyclic) bond motifs is 3. The molecule has 0 aliphatic carbocycles. The van der Waals surface area contributed by atoms with E-state index in [1.54, 1.807) is 19.2 Å². The number of alkyl halides is 3. The van der Waals surface area contributed by atoms with E-state index in [1.807, 2.05) is 36.4 Å². The van der Waals surface area contributed by atoms with E-state index in [4.69, 9.17) is 0 Å². The lowest BCUT2D eigenvalue weighted by Crippen LogP contribution is -2.45. The molecule has 2 N–H and O–H groups in total. The minimum atomic E-state index is -4.50. The van der Waals surface area contributed by atoms with Crippen molar-refractivity contribution in [3.8, 4) is 11.1 Å². The van der Waals surface area contributed by atoms with E-state index < -0.39 is 35.5 Å². The van der Waals surface area contributed by atoms with E-state index in [1.165, 1.54) is 24.0 Å². The van der Waals surface area contributed by atoms with Crippen molar-refractivity contribution in [3.05, 3.63) is 89.5 Å². The van der Waals surface area contributed by atoms with Crippen molar-refractivity contribution in [1.29, 1.82) is 0 Å². The average Bonchev–Trinajstić information content (AvgIpc) is 2.96. The van der Waals surface area contributed by atoms with Crippen molar-refractivity contribution in [2.45, 2.75) is 25.7 Å². The smallest absolute Gasteiger partial charge is 0.351 e. The molecule has 0 bridgehead atoms. The summed E-state index contributed by atoms with van der Waals surface area (Å²) in [5, 5.41) is 5.20. The number of nitrogens with one attached hydrogen (secondary N) is 2. The minimum Gasteiger partial charge on any atom is -0.351 e. The zero-order valence-electron chi connectivity index (χ0n) is 19.6. The summed E-state index contributed by atoms with van der Waals surface area (Å²) in [4.78, 5) is 40.4. The molecule has 0 unspecified atom stereocenters. The van der Waals surface area contributed by atoms with Crippen molar-refractivity contribution in [2.24, 2.45) is 5.92 Å². The lowest BCUT2D eigenvalue weighted by molar-refractivity contribution is -0.137. The van der Waals surface area contributed by atoms with Crippen LogP contribution in [0.1, 0.15) is 29.7 Å². The van der Waals surface area contributed by atoms with Gasteiger partial charge in [0.2, 0.25) is 11.8 Å². The number of benzene rings is 3. The van der Waals surface area contributed by atoms with E-state index in [9.17, 15) is 27.6 Å². The Morgan fingerprint density at radius 3 is 2.33 bits per heavy atom. The van der Waals surface area contributed by atoms with Crippen LogP contribution in [0, 0.1) is 5.92 Å². The van der Waals surface area contributed by atoms with Crippen LogP contribution >= 0.6 is 0 Å². The second kappa shape index (κ2) is 9.85. The molecule has 4 rings (SSSR count). The summed E-state index contributed by atoms with van der Waals surface area (Å²) in [5.41, 5.74) is 2.35. The Bertz CT molecular complexity index is 1320. The van der Waals surface area contributed by atoms with Crippen LogP contribution in [0.25, 0.3) is 11.1 Å². The molecule has 0 saturated heterocycles. The number of rotatable bonds is 5. The van der Waals surface area contributed by atoms with Gasteiger partial charge < -0.3 is 15.5 Å². The molecule has 1 aliphatic heterocycles. The fourth-order valence-electron chi connectivity index (χ4n) is 4.16. The van der Waals surface area contributed by atoms with Gasteiger partial charge in [0.05, 0.1) is 11.3 Å². The van der Waals surface area contributed by atoms with Crippen LogP contribution in [-0.2, 0) is 27.1 Å². The van der Waals surface area contributed by atoms with Gasteiger partial charge in [-0.1, -0.05) is 54.6 Å². The van der Waals surface area contributed by atoms with Crippen LogP contribution in [0.2, 0.25) is 0 Å². The molecule has 0 fully saturated rings. The second-order valence-corrected chi connectivity index (χ2v) is 8.58. The average molecular weight is 496 g/mol. The van der Waals surface area contributed by atoms with E-state index in [2.05, 4.69) is 10.6 Å². The van der Waals surface area contributed by atoms with Crippen LogP contribution in [-0.4, -0.2) is 24.8 Å². The maximum atomic E-state index is 13.3. The zero-order valence-corrected chi connectivity index (χ0v) is 19.6. The number of hydrogen-bond acceptors (Lipinski definition) is 3. The van der Waals surface area contributed by atoms with Crippen LogP contribution in [0.5, 0.6) is 0 Å². The number of carbonyl (C=O) groups is 3. The summed E-state index contributed by atoms with van der Waals surface area (Å²) in [6.45, 7) is 1.20. The maximum Gasteiger partial charge on any atom is 0.416 e. The molecule has 2 atom stereocenters. The Hall–Kier alpha value is -4.14. The summed E-state index contributed by atoms with van der Waals surface area (Å²) in [7, 11) is 1.62. The molecule has 9 heteroatoms. The number of likely N-dealkylation sites (N-methyl/N-ethyl adjacent to an activating group) is 1. The molecule has 1 aliphatic rings. The van der Waals surface area contributed by atoms with Gasteiger partial charge in [0.25, 0.3) is 5.91 Å². The van der Waals surface area contributed by atoms with E-state index >= 15 is 0 Å². The predicted molar refractivity (Wildman–Crippen MR) is 129 cm³/mol. The first-order chi connectivity index (χ1) is 17.1. The molecule has 0 aromatic heterocycles. The highest BCUT2D eigenvalue weighted by molar-refractivity contribution is 6.07. The summed E-state index contributed by atoms with van der Waals surface area (Å²) in [6, 6.07) is 18.2. The molecule has 0 saturated carbocycles. The molecule has 3 aromatic rings. The van der Waals surface area contributed by atoms with Gasteiger partial charge in [0.15, 0.2) is 0 Å². The number of hydrogen-bond donors (Lipinski definition) is 2. The van der Waals surface area contributed by atoms with Gasteiger partial charge in [-0.25, -0.2) is 0 Å². The number of anilines is 1. The SMILES string of the molecule is C[C@@H](C(=O)NCc1cccc(C(F)(F)F)c1)C(=O)N[C@@H]1C(=O)N(C)c2ccccc2-c2ccccc21. The fourth-order valence-corrected chi connectivity index (χ4v) is 4.16. The first-order valence-corrected chi connectivity index (χ1v) is 11.3.